The number of amides is 2. The number of fused-ring (bicyclic) bond motifs is 1. The summed E-state index contributed by atoms with van der Waals surface area (Å²) in [5.74, 6) is -0.329. The minimum atomic E-state index is -0.259. The molecule has 0 saturated carbocycles. The van der Waals surface area contributed by atoms with Crippen LogP contribution < -0.4 is 16.3 Å². The van der Waals surface area contributed by atoms with Gasteiger partial charge in [-0.3, -0.25) is 9.59 Å². The van der Waals surface area contributed by atoms with Gasteiger partial charge in [0.05, 0.1) is 17.1 Å². The Hall–Kier alpha value is -2.87. The first-order chi connectivity index (χ1) is 12.0. The van der Waals surface area contributed by atoms with Gasteiger partial charge in [0.25, 0.3) is 5.91 Å². The van der Waals surface area contributed by atoms with Crippen molar-refractivity contribution in [1.82, 2.24) is 20.6 Å². The molecule has 8 heteroatoms. The number of H-pyrrole nitrogens is 2. The summed E-state index contributed by atoms with van der Waals surface area (Å²) >= 11 is 1.45. The molecule has 3 aromatic rings. The summed E-state index contributed by atoms with van der Waals surface area (Å²) < 4.78 is 0. The van der Waals surface area contributed by atoms with E-state index in [-0.39, 0.29) is 36.5 Å². The van der Waals surface area contributed by atoms with Gasteiger partial charge in [-0.05, 0) is 36.1 Å². The van der Waals surface area contributed by atoms with Gasteiger partial charge < -0.3 is 20.6 Å². The van der Waals surface area contributed by atoms with Crippen LogP contribution in [-0.4, -0.2) is 28.3 Å². The van der Waals surface area contributed by atoms with E-state index in [2.05, 4.69) is 20.6 Å². The Labute approximate surface area is 147 Å². The third kappa shape index (κ3) is 4.16. The first-order valence-electron chi connectivity index (χ1n) is 7.84. The summed E-state index contributed by atoms with van der Waals surface area (Å²) in [5, 5.41) is 9.20. The molecule has 0 radical (unpaired) electrons. The lowest BCUT2D eigenvalue weighted by atomic mass is 10.1. The molecule has 2 amide bonds. The van der Waals surface area contributed by atoms with Crippen LogP contribution in [0.2, 0.25) is 0 Å². The van der Waals surface area contributed by atoms with E-state index in [1.165, 1.54) is 11.3 Å². The van der Waals surface area contributed by atoms with E-state index in [1.807, 2.05) is 24.4 Å². The molecular formula is C17H18N4O3S. The normalized spacial score (nSPS) is 12.0. The molecule has 2 heterocycles. The van der Waals surface area contributed by atoms with Gasteiger partial charge >= 0.3 is 5.69 Å². The standard InChI is InChI=1S/C17H18N4O3S/c1-10(11-2-3-13-14(8-11)21-17(24)20-13)19-15(22)4-6-18-16(23)12-5-7-25-9-12/h2-3,5,7-10H,4,6H2,1H3,(H,18,23)(H,19,22)(H2,20,21,24). The quantitative estimate of drug-likeness (QED) is 0.541. The molecule has 1 unspecified atom stereocenters. The fraction of sp³-hybridized carbons (Fsp3) is 0.235. The highest BCUT2D eigenvalue weighted by Gasteiger charge is 2.12. The Morgan fingerprint density at radius 3 is 2.76 bits per heavy atom. The molecule has 0 fully saturated rings. The highest BCUT2D eigenvalue weighted by molar-refractivity contribution is 7.08. The fourth-order valence-electron chi connectivity index (χ4n) is 2.50. The van der Waals surface area contributed by atoms with E-state index in [0.717, 1.165) is 11.1 Å². The maximum atomic E-state index is 12.0. The van der Waals surface area contributed by atoms with E-state index in [4.69, 9.17) is 0 Å². The van der Waals surface area contributed by atoms with E-state index in [9.17, 15) is 14.4 Å². The largest absolute Gasteiger partial charge is 0.351 e. The SMILES string of the molecule is CC(NC(=O)CCNC(=O)c1ccsc1)c1ccc2[nH]c(=O)[nH]c2c1. The Bertz CT molecular complexity index is 942. The Kier molecular flexibility index (Phi) is 4.99. The monoisotopic (exact) mass is 358 g/mol. The van der Waals surface area contributed by atoms with Gasteiger partial charge in [-0.1, -0.05) is 6.07 Å². The van der Waals surface area contributed by atoms with Crippen LogP contribution in [-0.2, 0) is 4.79 Å². The zero-order chi connectivity index (χ0) is 17.8. The van der Waals surface area contributed by atoms with Gasteiger partial charge in [-0.25, -0.2) is 4.79 Å². The average molecular weight is 358 g/mol. The van der Waals surface area contributed by atoms with Crippen molar-refractivity contribution < 1.29 is 9.59 Å². The number of thiophene rings is 1. The number of hydrogen-bond acceptors (Lipinski definition) is 4. The molecule has 0 aliphatic carbocycles. The zero-order valence-electron chi connectivity index (χ0n) is 13.6. The van der Waals surface area contributed by atoms with Gasteiger partial charge in [0.1, 0.15) is 0 Å². The molecule has 0 saturated heterocycles. The van der Waals surface area contributed by atoms with Crippen molar-refractivity contribution in [3.05, 3.63) is 56.6 Å². The topological polar surface area (TPSA) is 107 Å². The highest BCUT2D eigenvalue weighted by Crippen LogP contribution is 2.17. The first-order valence-corrected chi connectivity index (χ1v) is 8.79. The molecule has 4 N–H and O–H groups in total. The van der Waals surface area contributed by atoms with E-state index >= 15 is 0 Å². The number of benzene rings is 1. The number of nitrogens with one attached hydrogen (secondary N) is 4. The lowest BCUT2D eigenvalue weighted by Gasteiger charge is -2.14. The fourth-order valence-corrected chi connectivity index (χ4v) is 3.14. The Balaban J connectivity index is 1.51. The molecule has 2 aromatic heterocycles. The molecule has 25 heavy (non-hydrogen) atoms. The highest BCUT2D eigenvalue weighted by atomic mass is 32.1. The molecule has 0 bridgehead atoms. The van der Waals surface area contributed by atoms with Crippen LogP contribution in [0.4, 0.5) is 0 Å². The number of imidazole rings is 1. The lowest BCUT2D eigenvalue weighted by Crippen LogP contribution is -2.31. The lowest BCUT2D eigenvalue weighted by molar-refractivity contribution is -0.121. The van der Waals surface area contributed by atoms with Crippen LogP contribution in [0.25, 0.3) is 11.0 Å². The van der Waals surface area contributed by atoms with E-state index in [0.29, 0.717) is 11.1 Å². The minimum absolute atomic E-state index is 0.152. The van der Waals surface area contributed by atoms with Crippen LogP contribution in [0.5, 0.6) is 0 Å². The van der Waals surface area contributed by atoms with Crippen molar-refractivity contribution in [2.45, 2.75) is 19.4 Å². The molecule has 1 atom stereocenters. The van der Waals surface area contributed by atoms with Crippen molar-refractivity contribution in [2.75, 3.05) is 6.54 Å². The summed E-state index contributed by atoms with van der Waals surface area (Å²) in [6.07, 6.45) is 0.198. The molecule has 0 aliphatic heterocycles. The second-order valence-electron chi connectivity index (χ2n) is 5.69. The summed E-state index contributed by atoms with van der Waals surface area (Å²) in [6, 6.07) is 7.02. The Morgan fingerprint density at radius 2 is 2.00 bits per heavy atom. The third-order valence-corrected chi connectivity index (χ3v) is 4.52. The summed E-state index contributed by atoms with van der Waals surface area (Å²) in [5.41, 5.74) is 2.66. The minimum Gasteiger partial charge on any atom is -0.351 e. The predicted molar refractivity (Wildman–Crippen MR) is 96.7 cm³/mol. The summed E-state index contributed by atoms with van der Waals surface area (Å²) in [7, 11) is 0. The predicted octanol–water partition coefficient (Wildman–Crippen LogP) is 1.91. The van der Waals surface area contributed by atoms with Gasteiger partial charge in [0.2, 0.25) is 5.91 Å². The number of aromatic amines is 2. The zero-order valence-corrected chi connectivity index (χ0v) is 14.4. The van der Waals surface area contributed by atoms with Gasteiger partial charge in [-0.15, -0.1) is 0 Å². The van der Waals surface area contributed by atoms with Crippen LogP contribution in [0.1, 0.15) is 35.3 Å². The Morgan fingerprint density at radius 1 is 1.20 bits per heavy atom. The molecule has 0 spiro atoms. The van der Waals surface area contributed by atoms with Gasteiger partial charge in [0, 0.05) is 23.9 Å². The van der Waals surface area contributed by atoms with Crippen molar-refractivity contribution in [2.24, 2.45) is 0 Å². The van der Waals surface area contributed by atoms with Crippen LogP contribution in [0.15, 0.2) is 39.8 Å². The summed E-state index contributed by atoms with van der Waals surface area (Å²) in [6.45, 7) is 2.14. The number of carbonyl (C=O) groups excluding carboxylic acids is 2. The second kappa shape index (κ2) is 7.35. The van der Waals surface area contributed by atoms with Crippen molar-refractivity contribution in [3.8, 4) is 0 Å². The third-order valence-electron chi connectivity index (χ3n) is 3.84. The molecule has 130 valence electrons. The number of aromatic nitrogens is 2. The first kappa shape index (κ1) is 17.0. The van der Waals surface area contributed by atoms with Crippen LogP contribution >= 0.6 is 11.3 Å². The van der Waals surface area contributed by atoms with Crippen LogP contribution in [0.3, 0.4) is 0 Å². The maximum Gasteiger partial charge on any atom is 0.323 e. The van der Waals surface area contributed by atoms with Crippen LogP contribution in [0, 0.1) is 0 Å². The number of carbonyl (C=O) groups is 2. The van der Waals surface area contributed by atoms with Crippen molar-refractivity contribution in [3.63, 3.8) is 0 Å². The molecule has 7 nitrogen and oxygen atoms in total. The molecular weight excluding hydrogens is 340 g/mol. The average Bonchev–Trinajstić information content (AvgIpc) is 3.22. The van der Waals surface area contributed by atoms with E-state index in [1.54, 1.807) is 17.5 Å². The van der Waals surface area contributed by atoms with Gasteiger partial charge in [0.15, 0.2) is 0 Å². The smallest absolute Gasteiger partial charge is 0.323 e. The molecule has 3 rings (SSSR count). The molecule has 1 aromatic carbocycles. The second-order valence-corrected chi connectivity index (χ2v) is 6.47. The van der Waals surface area contributed by atoms with Gasteiger partial charge in [-0.2, -0.15) is 11.3 Å². The number of rotatable bonds is 6. The van der Waals surface area contributed by atoms with E-state index < -0.39 is 0 Å². The van der Waals surface area contributed by atoms with Crippen molar-refractivity contribution >= 4 is 34.2 Å². The maximum absolute atomic E-state index is 12.0. The summed E-state index contributed by atoms with van der Waals surface area (Å²) in [4.78, 5) is 40.5. The van der Waals surface area contributed by atoms with Crippen molar-refractivity contribution in [1.29, 1.82) is 0 Å². The number of hydrogen-bond donors (Lipinski definition) is 4. The molecule has 0 aliphatic rings.